The molecule has 1 amide bonds. The van der Waals surface area contributed by atoms with E-state index >= 15 is 0 Å². The smallest absolute Gasteiger partial charge is 0.251 e. The van der Waals surface area contributed by atoms with E-state index in [9.17, 15) is 9.59 Å². The Balaban J connectivity index is 1.57. The number of methoxy groups -OCH3 is 1. The highest BCUT2D eigenvalue weighted by atomic mass is 16.5. The van der Waals surface area contributed by atoms with Crippen LogP contribution in [0.25, 0.3) is 0 Å². The van der Waals surface area contributed by atoms with E-state index in [-0.39, 0.29) is 29.7 Å². The van der Waals surface area contributed by atoms with Crippen LogP contribution in [0.3, 0.4) is 0 Å². The Labute approximate surface area is 177 Å². The van der Waals surface area contributed by atoms with E-state index in [2.05, 4.69) is 25.2 Å². The van der Waals surface area contributed by atoms with Crippen molar-refractivity contribution in [3.8, 4) is 5.75 Å². The number of benzene rings is 2. The average Bonchev–Trinajstić information content (AvgIpc) is 2.69. The lowest BCUT2D eigenvalue weighted by molar-refractivity contribution is 0.0917. The minimum Gasteiger partial charge on any atom is -0.497 e. The summed E-state index contributed by atoms with van der Waals surface area (Å²) in [5, 5.41) is 3.03. The van der Waals surface area contributed by atoms with E-state index in [1.54, 1.807) is 31.4 Å². The minimum atomic E-state index is -0.262. The van der Waals surface area contributed by atoms with Crippen LogP contribution in [0.4, 0.5) is 0 Å². The number of aliphatic imine (C=N–C) groups is 1. The molecule has 2 aromatic carbocycles. The number of hydrogen-bond acceptors (Lipinski definition) is 4. The number of nitrogens with zero attached hydrogens (tertiary/aromatic N) is 1. The molecule has 0 atom stereocenters. The highest BCUT2D eigenvalue weighted by molar-refractivity contribution is 6.17. The fraction of sp³-hybridized carbons (Fsp3) is 0.400. The second-order valence-electron chi connectivity index (χ2n) is 8.85. The molecule has 1 saturated carbocycles. The van der Waals surface area contributed by atoms with E-state index in [1.807, 2.05) is 12.1 Å². The highest BCUT2D eigenvalue weighted by Crippen LogP contribution is 2.31. The fourth-order valence-corrected chi connectivity index (χ4v) is 4.08. The molecule has 2 aromatic rings. The summed E-state index contributed by atoms with van der Waals surface area (Å²) in [5.74, 6) is 0.599. The molecule has 1 N–H and O–H groups in total. The maximum Gasteiger partial charge on any atom is 0.251 e. The van der Waals surface area contributed by atoms with Crippen molar-refractivity contribution in [2.24, 2.45) is 4.99 Å². The van der Waals surface area contributed by atoms with Crippen molar-refractivity contribution in [3.05, 3.63) is 64.7 Å². The lowest BCUT2D eigenvalue weighted by Crippen LogP contribution is -2.39. The predicted octanol–water partition coefficient (Wildman–Crippen LogP) is 4.37. The van der Waals surface area contributed by atoms with Gasteiger partial charge in [0.15, 0.2) is 5.78 Å². The third-order valence-corrected chi connectivity index (χ3v) is 5.90. The van der Waals surface area contributed by atoms with Crippen molar-refractivity contribution >= 4 is 17.4 Å². The van der Waals surface area contributed by atoms with E-state index in [0.29, 0.717) is 11.1 Å². The molecule has 0 saturated heterocycles. The summed E-state index contributed by atoms with van der Waals surface area (Å²) in [6, 6.07) is 13.2. The van der Waals surface area contributed by atoms with Gasteiger partial charge in [0.05, 0.1) is 24.8 Å². The van der Waals surface area contributed by atoms with Crippen LogP contribution < -0.4 is 10.1 Å². The summed E-state index contributed by atoms with van der Waals surface area (Å²) in [6.45, 7) is 4.16. The van der Waals surface area contributed by atoms with Crippen LogP contribution in [0.5, 0.6) is 5.75 Å². The van der Waals surface area contributed by atoms with Crippen LogP contribution in [-0.2, 0) is 6.42 Å². The molecular weight excluding hydrogens is 376 g/mol. The standard InChI is InChI=1S/C25H28N2O3/c1-25(2)15-18-10-11-20(30-3)13-21(18)22(27-25)14-23(28)16-6-4-7-17(12-16)24(29)26-19-8-5-9-19/h4,6-7,10-13,19H,5,8-9,14-15H2,1-3H3,(H,26,29). The van der Waals surface area contributed by atoms with Crippen LogP contribution >= 0.6 is 0 Å². The van der Waals surface area contributed by atoms with Crippen LogP contribution in [-0.4, -0.2) is 36.1 Å². The normalized spacial score (nSPS) is 17.4. The molecule has 2 aliphatic rings. The highest BCUT2D eigenvalue weighted by Gasteiger charge is 2.28. The lowest BCUT2D eigenvalue weighted by Gasteiger charge is -2.29. The molecule has 0 bridgehead atoms. The Morgan fingerprint density at radius 2 is 1.90 bits per heavy atom. The molecule has 0 unspecified atom stereocenters. The molecule has 0 radical (unpaired) electrons. The number of hydrogen-bond donors (Lipinski definition) is 1. The molecule has 0 aromatic heterocycles. The molecule has 0 spiro atoms. The maximum atomic E-state index is 13.1. The number of ketones is 1. The molecule has 5 nitrogen and oxygen atoms in total. The molecule has 5 heteroatoms. The summed E-state index contributed by atoms with van der Waals surface area (Å²) >= 11 is 0. The number of rotatable bonds is 6. The number of carbonyl (C=O) groups excluding carboxylic acids is 2. The van der Waals surface area contributed by atoms with Crippen molar-refractivity contribution in [1.29, 1.82) is 0 Å². The molecule has 30 heavy (non-hydrogen) atoms. The Kier molecular flexibility index (Phi) is 5.46. The van der Waals surface area contributed by atoms with Gasteiger partial charge in [-0.2, -0.15) is 0 Å². The summed E-state index contributed by atoms with van der Waals surface area (Å²) in [7, 11) is 1.64. The Morgan fingerprint density at radius 1 is 1.13 bits per heavy atom. The van der Waals surface area contributed by atoms with Crippen LogP contribution in [0, 0.1) is 0 Å². The van der Waals surface area contributed by atoms with Gasteiger partial charge in [-0.3, -0.25) is 14.6 Å². The summed E-state index contributed by atoms with van der Waals surface area (Å²) in [5.41, 5.74) is 3.72. The van der Waals surface area contributed by atoms with Gasteiger partial charge in [-0.05, 0) is 69.4 Å². The predicted molar refractivity (Wildman–Crippen MR) is 118 cm³/mol. The first-order valence-corrected chi connectivity index (χ1v) is 10.5. The first-order valence-electron chi connectivity index (χ1n) is 10.5. The number of ether oxygens (including phenoxy) is 1. The fourth-order valence-electron chi connectivity index (χ4n) is 4.08. The van der Waals surface area contributed by atoms with Crippen molar-refractivity contribution in [2.45, 2.75) is 57.5 Å². The van der Waals surface area contributed by atoms with Gasteiger partial charge < -0.3 is 10.1 Å². The summed E-state index contributed by atoms with van der Waals surface area (Å²) in [4.78, 5) is 30.5. The average molecular weight is 405 g/mol. The van der Waals surface area contributed by atoms with E-state index < -0.39 is 0 Å². The largest absolute Gasteiger partial charge is 0.497 e. The van der Waals surface area contributed by atoms with Gasteiger partial charge in [-0.1, -0.05) is 18.2 Å². The monoisotopic (exact) mass is 404 g/mol. The van der Waals surface area contributed by atoms with Gasteiger partial charge in [-0.25, -0.2) is 0 Å². The number of carbonyl (C=O) groups is 2. The third kappa shape index (κ3) is 4.30. The first-order chi connectivity index (χ1) is 14.3. The van der Waals surface area contributed by atoms with Crippen LogP contribution in [0.15, 0.2) is 47.5 Å². The van der Waals surface area contributed by atoms with Gasteiger partial charge in [0.25, 0.3) is 5.91 Å². The van der Waals surface area contributed by atoms with Gasteiger partial charge in [0, 0.05) is 22.7 Å². The Bertz CT molecular complexity index is 1020. The molecule has 4 rings (SSSR count). The number of amides is 1. The number of nitrogens with one attached hydrogen (secondary N) is 1. The second kappa shape index (κ2) is 8.05. The second-order valence-corrected chi connectivity index (χ2v) is 8.85. The van der Waals surface area contributed by atoms with Gasteiger partial charge in [-0.15, -0.1) is 0 Å². The molecule has 1 aliphatic carbocycles. The van der Waals surface area contributed by atoms with Crippen molar-refractivity contribution in [3.63, 3.8) is 0 Å². The summed E-state index contributed by atoms with van der Waals surface area (Å²) < 4.78 is 5.37. The zero-order valence-corrected chi connectivity index (χ0v) is 17.8. The van der Waals surface area contributed by atoms with Crippen LogP contribution in [0.1, 0.15) is 71.4 Å². The molecule has 156 valence electrons. The Hall–Kier alpha value is -2.95. The Morgan fingerprint density at radius 3 is 2.60 bits per heavy atom. The summed E-state index contributed by atoms with van der Waals surface area (Å²) in [6.07, 6.45) is 4.23. The SMILES string of the molecule is COc1ccc2c(c1)C(CC(=O)c1cccc(C(=O)NC3CCC3)c1)=NC(C)(C)C2. The third-order valence-electron chi connectivity index (χ3n) is 5.90. The van der Waals surface area contributed by atoms with Crippen LogP contribution in [0.2, 0.25) is 0 Å². The maximum absolute atomic E-state index is 13.1. The number of fused-ring (bicyclic) bond motifs is 1. The van der Waals surface area contributed by atoms with E-state index in [4.69, 9.17) is 9.73 Å². The lowest BCUT2D eigenvalue weighted by atomic mass is 9.85. The van der Waals surface area contributed by atoms with Crippen molar-refractivity contribution in [2.75, 3.05) is 7.11 Å². The first kappa shape index (κ1) is 20.3. The van der Waals surface area contributed by atoms with Gasteiger partial charge in [0.2, 0.25) is 0 Å². The van der Waals surface area contributed by atoms with Crippen molar-refractivity contribution in [1.82, 2.24) is 5.32 Å². The molecule has 1 fully saturated rings. The topological polar surface area (TPSA) is 67.8 Å². The quantitative estimate of drug-likeness (QED) is 0.727. The van der Waals surface area contributed by atoms with Gasteiger partial charge >= 0.3 is 0 Å². The zero-order chi connectivity index (χ0) is 21.3. The van der Waals surface area contributed by atoms with E-state index in [0.717, 1.165) is 42.7 Å². The number of Topliss-reactive ketones (excluding diaryl/α,β-unsaturated/α-hetero) is 1. The molecule has 1 heterocycles. The van der Waals surface area contributed by atoms with E-state index in [1.165, 1.54) is 5.56 Å². The minimum absolute atomic E-state index is 0.0430. The van der Waals surface area contributed by atoms with Gasteiger partial charge in [0.1, 0.15) is 5.75 Å². The van der Waals surface area contributed by atoms with Crippen molar-refractivity contribution < 1.29 is 14.3 Å². The molecular formula is C25H28N2O3. The zero-order valence-electron chi connectivity index (χ0n) is 17.8. The molecule has 1 aliphatic heterocycles.